The molecule has 9 nitrogen and oxygen atoms in total. The Balaban J connectivity index is 1.37. The normalized spacial score (nSPS) is 22.8. The molecule has 9 heteroatoms. The van der Waals surface area contributed by atoms with E-state index in [1.807, 2.05) is 13.0 Å². The van der Waals surface area contributed by atoms with Crippen LogP contribution in [0.4, 0.5) is 11.5 Å². The van der Waals surface area contributed by atoms with Crippen molar-refractivity contribution in [3.05, 3.63) is 47.8 Å². The lowest BCUT2D eigenvalue weighted by Crippen LogP contribution is -2.46. The number of nitrogen functional groups attached to an aromatic ring is 1. The van der Waals surface area contributed by atoms with Crippen molar-refractivity contribution in [3.8, 4) is 0 Å². The van der Waals surface area contributed by atoms with Gasteiger partial charge in [-0.3, -0.25) is 14.3 Å². The summed E-state index contributed by atoms with van der Waals surface area (Å²) in [5.41, 5.74) is 9.19. The summed E-state index contributed by atoms with van der Waals surface area (Å²) < 4.78 is 2.09. The topological polar surface area (TPSA) is 109 Å². The van der Waals surface area contributed by atoms with Gasteiger partial charge in [-0.1, -0.05) is 19.9 Å². The smallest absolute Gasteiger partial charge is 0.313 e. The molecule has 1 aromatic carbocycles. The molecular weight excluding hydrogens is 454 g/mol. The predicted octanol–water partition coefficient (Wildman–Crippen LogP) is 3.39. The number of rotatable bonds is 4. The Hall–Kier alpha value is -3.46. The highest BCUT2D eigenvalue weighted by molar-refractivity contribution is 6.39. The maximum absolute atomic E-state index is 13.4. The van der Waals surface area contributed by atoms with Gasteiger partial charge in [-0.15, -0.1) is 0 Å². The van der Waals surface area contributed by atoms with Crippen molar-refractivity contribution >= 4 is 34.2 Å². The van der Waals surface area contributed by atoms with Gasteiger partial charge in [0.05, 0.1) is 29.5 Å². The third-order valence-electron chi connectivity index (χ3n) is 7.58. The van der Waals surface area contributed by atoms with E-state index in [1.165, 1.54) is 6.20 Å². The Morgan fingerprint density at radius 3 is 2.75 bits per heavy atom. The average Bonchev–Trinajstić information content (AvgIpc) is 3.50. The van der Waals surface area contributed by atoms with Gasteiger partial charge < -0.3 is 20.9 Å². The number of piperidine rings is 1. The monoisotopic (exact) mass is 489 g/mol. The van der Waals surface area contributed by atoms with E-state index >= 15 is 0 Å². The minimum Gasteiger partial charge on any atom is -0.383 e. The van der Waals surface area contributed by atoms with Crippen LogP contribution in [0.15, 0.2) is 36.7 Å². The number of likely N-dealkylation sites (tertiary alicyclic amines) is 2. The van der Waals surface area contributed by atoms with Crippen LogP contribution in [0.5, 0.6) is 0 Å². The fraction of sp³-hybridized carbons (Fsp3) is 0.481. The summed E-state index contributed by atoms with van der Waals surface area (Å²) in [7, 11) is 2.14. The Morgan fingerprint density at radius 1 is 1.17 bits per heavy atom. The number of likely N-dealkylation sites (N-methyl/N-ethyl adjacent to an activating group) is 1. The Bertz CT molecular complexity index is 1290. The van der Waals surface area contributed by atoms with E-state index in [1.54, 1.807) is 11.0 Å². The molecule has 4 heterocycles. The van der Waals surface area contributed by atoms with Crippen molar-refractivity contribution in [2.24, 2.45) is 5.92 Å². The number of aromatic nitrogens is 3. The Kier molecular flexibility index (Phi) is 6.66. The second-order valence-corrected chi connectivity index (χ2v) is 10.4. The van der Waals surface area contributed by atoms with Crippen molar-refractivity contribution in [1.29, 1.82) is 0 Å². The number of hydrogen-bond acceptors (Lipinski definition) is 6. The Morgan fingerprint density at radius 2 is 2.00 bits per heavy atom. The van der Waals surface area contributed by atoms with Gasteiger partial charge in [0.2, 0.25) is 0 Å². The first kappa shape index (κ1) is 24.2. The second-order valence-electron chi connectivity index (χ2n) is 10.4. The van der Waals surface area contributed by atoms with Gasteiger partial charge in [0.15, 0.2) is 0 Å². The number of carbonyl (C=O) groups excluding carboxylic acids is 2. The minimum absolute atomic E-state index is 0.152. The molecular formula is C27H35N7O2. The summed E-state index contributed by atoms with van der Waals surface area (Å²) in [6.45, 7) is 6.72. The van der Waals surface area contributed by atoms with Crippen LogP contribution in [0.25, 0.3) is 10.9 Å². The molecule has 2 fully saturated rings. The number of carbonyl (C=O) groups is 2. The number of amides is 2. The largest absolute Gasteiger partial charge is 0.383 e. The first-order chi connectivity index (χ1) is 17.3. The first-order valence-corrected chi connectivity index (χ1v) is 12.9. The van der Waals surface area contributed by atoms with E-state index in [4.69, 9.17) is 10.8 Å². The van der Waals surface area contributed by atoms with Crippen LogP contribution in [-0.2, 0) is 16.0 Å². The number of pyridine rings is 1. The molecule has 3 atom stereocenters. The number of anilines is 2. The van der Waals surface area contributed by atoms with Gasteiger partial charge in [0, 0.05) is 24.7 Å². The van der Waals surface area contributed by atoms with Crippen LogP contribution in [0, 0.1) is 5.92 Å². The fourth-order valence-electron chi connectivity index (χ4n) is 5.50. The van der Waals surface area contributed by atoms with Crippen molar-refractivity contribution in [3.63, 3.8) is 0 Å². The fourth-order valence-corrected chi connectivity index (χ4v) is 5.50. The number of hydrogen-bond donors (Lipinski definition) is 2. The highest BCUT2D eigenvalue weighted by atomic mass is 16.2. The first-order valence-electron chi connectivity index (χ1n) is 12.9. The lowest BCUT2D eigenvalue weighted by molar-refractivity contribution is -0.146. The van der Waals surface area contributed by atoms with E-state index in [0.717, 1.165) is 54.4 Å². The van der Waals surface area contributed by atoms with E-state index in [0.29, 0.717) is 36.4 Å². The molecule has 2 saturated heterocycles. The summed E-state index contributed by atoms with van der Waals surface area (Å²) in [4.78, 5) is 34.6. The molecule has 0 spiro atoms. The van der Waals surface area contributed by atoms with Crippen LogP contribution >= 0.6 is 0 Å². The summed E-state index contributed by atoms with van der Waals surface area (Å²) in [5, 5.41) is 8.60. The molecule has 0 aliphatic carbocycles. The zero-order chi connectivity index (χ0) is 25.4. The molecule has 190 valence electrons. The number of benzene rings is 1. The molecule has 3 aromatic rings. The van der Waals surface area contributed by atoms with Crippen molar-refractivity contribution < 1.29 is 9.59 Å². The molecule has 2 aliphatic heterocycles. The quantitative estimate of drug-likeness (QED) is 0.544. The molecule has 36 heavy (non-hydrogen) atoms. The summed E-state index contributed by atoms with van der Waals surface area (Å²) in [6, 6.07) is 8.23. The average molecular weight is 490 g/mol. The third kappa shape index (κ3) is 4.80. The van der Waals surface area contributed by atoms with E-state index in [9.17, 15) is 9.59 Å². The third-order valence-corrected chi connectivity index (χ3v) is 7.58. The van der Waals surface area contributed by atoms with E-state index in [2.05, 4.69) is 52.2 Å². The molecule has 0 saturated carbocycles. The Labute approximate surface area is 211 Å². The highest BCUT2D eigenvalue weighted by Crippen LogP contribution is 2.35. The van der Waals surface area contributed by atoms with Gasteiger partial charge >= 0.3 is 11.8 Å². The lowest BCUT2D eigenvalue weighted by Gasteiger charge is -2.38. The SMILES string of the molecule is CCc1cc(NC(=O)C(=O)N2C[C@@H](C)CC[C@@H]2c2ccc3nn(C4CCN(C)C4)cc3c2)cnc1N. The number of fused-ring (bicyclic) bond motifs is 1. The maximum atomic E-state index is 13.4. The van der Waals surface area contributed by atoms with Gasteiger partial charge in [0.25, 0.3) is 0 Å². The lowest BCUT2D eigenvalue weighted by atomic mass is 9.89. The van der Waals surface area contributed by atoms with Crippen LogP contribution in [-0.4, -0.2) is 63.1 Å². The summed E-state index contributed by atoms with van der Waals surface area (Å²) >= 11 is 0. The second kappa shape index (κ2) is 9.89. The molecule has 0 radical (unpaired) electrons. The number of nitrogens with zero attached hydrogens (tertiary/aromatic N) is 5. The van der Waals surface area contributed by atoms with Gasteiger partial charge in [-0.25, -0.2) is 4.98 Å². The molecule has 3 N–H and O–H groups in total. The predicted molar refractivity (Wildman–Crippen MR) is 140 cm³/mol. The number of aryl methyl sites for hydroxylation is 1. The van der Waals surface area contributed by atoms with Crippen molar-refractivity contribution in [1.82, 2.24) is 24.6 Å². The van der Waals surface area contributed by atoms with Gasteiger partial charge in [-0.2, -0.15) is 5.10 Å². The van der Waals surface area contributed by atoms with Crippen molar-refractivity contribution in [2.75, 3.05) is 37.7 Å². The van der Waals surface area contributed by atoms with Gasteiger partial charge in [0.1, 0.15) is 5.82 Å². The molecule has 5 rings (SSSR count). The summed E-state index contributed by atoms with van der Waals surface area (Å²) in [6.07, 6.45) is 7.22. The number of nitrogens with one attached hydrogen (secondary N) is 1. The molecule has 2 aromatic heterocycles. The zero-order valence-corrected chi connectivity index (χ0v) is 21.3. The molecule has 0 bridgehead atoms. The van der Waals surface area contributed by atoms with Crippen LogP contribution in [0.1, 0.15) is 56.3 Å². The van der Waals surface area contributed by atoms with Crippen molar-refractivity contribution in [2.45, 2.75) is 51.6 Å². The zero-order valence-electron chi connectivity index (χ0n) is 21.3. The van der Waals surface area contributed by atoms with Crippen LogP contribution in [0.2, 0.25) is 0 Å². The number of nitrogens with two attached hydrogens (primary N) is 1. The highest BCUT2D eigenvalue weighted by Gasteiger charge is 2.34. The van der Waals surface area contributed by atoms with E-state index < -0.39 is 11.8 Å². The summed E-state index contributed by atoms with van der Waals surface area (Å²) in [5.74, 6) is -0.410. The minimum atomic E-state index is -0.651. The standard InChI is InChI=1S/C27H35N7O2/c1-4-18-12-21(13-29-25(18)28)30-26(35)27(36)33-14-17(2)5-8-24(33)19-6-7-23-20(11-19)15-34(31-23)22-9-10-32(3)16-22/h6-7,11-13,15,17,22,24H,4-5,8-10,14,16H2,1-3H3,(H2,28,29)(H,30,35)/t17-,22?,24+/m0/s1. The van der Waals surface area contributed by atoms with Crippen LogP contribution < -0.4 is 11.1 Å². The molecule has 1 unspecified atom stereocenters. The van der Waals surface area contributed by atoms with Gasteiger partial charge in [-0.05, 0) is 74.5 Å². The van der Waals surface area contributed by atoms with E-state index in [-0.39, 0.29) is 6.04 Å². The van der Waals surface area contributed by atoms with Crippen LogP contribution in [0.3, 0.4) is 0 Å². The molecule has 2 amide bonds. The molecule has 2 aliphatic rings. The maximum Gasteiger partial charge on any atom is 0.313 e.